The number of aryl methyl sites for hydroxylation is 2. The Kier molecular flexibility index (Phi) is 3.86. The SMILES string of the molecule is Bc1cccc(C(=C)c2c(C)ccc(C)c2C)c1C#C. The third-order valence-electron chi connectivity index (χ3n) is 3.99. The van der Waals surface area contributed by atoms with Gasteiger partial charge in [0.2, 0.25) is 0 Å². The van der Waals surface area contributed by atoms with Gasteiger partial charge in [-0.25, -0.2) is 0 Å². The first kappa shape index (κ1) is 14.2. The van der Waals surface area contributed by atoms with Crippen LogP contribution < -0.4 is 5.46 Å². The van der Waals surface area contributed by atoms with E-state index in [0.29, 0.717) is 0 Å². The smallest absolute Gasteiger partial charge is 0.115 e. The third kappa shape index (κ3) is 2.30. The molecule has 0 aliphatic carbocycles. The zero-order valence-corrected chi connectivity index (χ0v) is 12.7. The van der Waals surface area contributed by atoms with Crippen molar-refractivity contribution < 1.29 is 0 Å². The fourth-order valence-electron chi connectivity index (χ4n) is 2.66. The minimum atomic E-state index is 0.942. The Labute approximate surface area is 123 Å². The molecule has 0 nitrogen and oxygen atoms in total. The highest BCUT2D eigenvalue weighted by Crippen LogP contribution is 2.30. The Bertz CT molecular complexity index is 730. The van der Waals surface area contributed by atoms with Gasteiger partial charge >= 0.3 is 0 Å². The summed E-state index contributed by atoms with van der Waals surface area (Å²) in [5, 5.41) is 0. The molecule has 0 aromatic heterocycles. The maximum Gasteiger partial charge on any atom is 0.140 e. The Morgan fingerprint density at radius 1 is 1.10 bits per heavy atom. The molecular weight excluding hydrogens is 239 g/mol. The van der Waals surface area contributed by atoms with E-state index in [4.69, 9.17) is 6.42 Å². The normalized spacial score (nSPS) is 10.1. The van der Waals surface area contributed by atoms with Crippen LogP contribution in [0, 0.1) is 33.1 Å². The number of hydrogen-bond acceptors (Lipinski definition) is 0. The third-order valence-corrected chi connectivity index (χ3v) is 3.99. The van der Waals surface area contributed by atoms with Crippen LogP contribution in [0.2, 0.25) is 0 Å². The summed E-state index contributed by atoms with van der Waals surface area (Å²) in [7, 11) is 2.04. The van der Waals surface area contributed by atoms with Gasteiger partial charge in [-0.05, 0) is 54.2 Å². The summed E-state index contributed by atoms with van der Waals surface area (Å²) >= 11 is 0. The average molecular weight is 258 g/mol. The van der Waals surface area contributed by atoms with Gasteiger partial charge in [-0.2, -0.15) is 0 Å². The molecule has 0 bridgehead atoms. The monoisotopic (exact) mass is 258 g/mol. The van der Waals surface area contributed by atoms with Crippen molar-refractivity contribution in [2.45, 2.75) is 20.8 Å². The Hall–Kier alpha value is -2.20. The van der Waals surface area contributed by atoms with Crippen LogP contribution in [0.15, 0.2) is 36.9 Å². The van der Waals surface area contributed by atoms with Crippen molar-refractivity contribution in [2.75, 3.05) is 0 Å². The lowest BCUT2D eigenvalue weighted by atomic mass is 9.82. The zero-order valence-electron chi connectivity index (χ0n) is 12.7. The summed E-state index contributed by atoms with van der Waals surface area (Å²) < 4.78 is 0. The Morgan fingerprint density at radius 3 is 2.40 bits per heavy atom. The second kappa shape index (κ2) is 5.43. The van der Waals surface area contributed by atoms with Crippen LogP contribution in [0.3, 0.4) is 0 Å². The van der Waals surface area contributed by atoms with E-state index in [-0.39, 0.29) is 0 Å². The summed E-state index contributed by atoms with van der Waals surface area (Å²) in [4.78, 5) is 0. The van der Waals surface area contributed by atoms with Gasteiger partial charge in [-0.3, -0.25) is 0 Å². The van der Waals surface area contributed by atoms with E-state index in [1.54, 1.807) is 0 Å². The molecule has 2 aromatic carbocycles. The molecule has 0 saturated carbocycles. The van der Waals surface area contributed by atoms with Gasteiger partial charge in [0.25, 0.3) is 0 Å². The standard InChI is InChI=1S/C19H19B/c1-6-16-17(8-7-9-18(16)20)15(5)19-13(3)11-10-12(2)14(19)4/h1,7-11H,5,20H2,2-4H3. The second-order valence-electron chi connectivity index (χ2n) is 5.32. The highest BCUT2D eigenvalue weighted by atomic mass is 14.2. The Balaban J connectivity index is 2.68. The van der Waals surface area contributed by atoms with Crippen LogP contribution in [0.5, 0.6) is 0 Å². The molecule has 98 valence electrons. The van der Waals surface area contributed by atoms with Crippen molar-refractivity contribution in [1.82, 2.24) is 0 Å². The van der Waals surface area contributed by atoms with Gasteiger partial charge in [0, 0.05) is 5.56 Å². The average Bonchev–Trinajstić information content (AvgIpc) is 2.43. The van der Waals surface area contributed by atoms with Crippen LogP contribution in [0.4, 0.5) is 0 Å². The first-order valence-corrected chi connectivity index (χ1v) is 6.80. The summed E-state index contributed by atoms with van der Waals surface area (Å²) in [6.07, 6.45) is 5.68. The maximum absolute atomic E-state index is 5.68. The largest absolute Gasteiger partial charge is 0.140 e. The van der Waals surface area contributed by atoms with Crippen molar-refractivity contribution in [1.29, 1.82) is 0 Å². The predicted octanol–water partition coefficient (Wildman–Crippen LogP) is 2.91. The van der Waals surface area contributed by atoms with Crippen molar-refractivity contribution in [3.05, 3.63) is 70.3 Å². The number of rotatable bonds is 2. The molecule has 0 aliphatic rings. The highest BCUT2D eigenvalue weighted by molar-refractivity contribution is 6.34. The lowest BCUT2D eigenvalue weighted by Crippen LogP contribution is -2.11. The fraction of sp³-hybridized carbons (Fsp3) is 0.158. The van der Waals surface area contributed by atoms with Gasteiger partial charge in [0.05, 0.1) is 0 Å². The summed E-state index contributed by atoms with van der Waals surface area (Å²) in [5.74, 6) is 2.81. The predicted molar refractivity (Wildman–Crippen MR) is 91.3 cm³/mol. The van der Waals surface area contributed by atoms with Crippen LogP contribution >= 0.6 is 0 Å². The summed E-state index contributed by atoms with van der Waals surface area (Å²) in [5.41, 5.74) is 9.15. The van der Waals surface area contributed by atoms with Crippen LogP contribution in [-0.2, 0) is 0 Å². The van der Waals surface area contributed by atoms with Crippen LogP contribution in [0.25, 0.3) is 5.57 Å². The van der Waals surface area contributed by atoms with E-state index >= 15 is 0 Å². The fourth-order valence-corrected chi connectivity index (χ4v) is 2.66. The molecule has 0 spiro atoms. The molecule has 0 heterocycles. The number of terminal acetylenes is 1. The maximum atomic E-state index is 5.68. The van der Waals surface area contributed by atoms with E-state index in [0.717, 1.165) is 22.2 Å². The van der Waals surface area contributed by atoms with Crippen molar-refractivity contribution in [3.8, 4) is 12.3 Å². The number of hydrogen-bond donors (Lipinski definition) is 0. The van der Waals surface area contributed by atoms with E-state index in [1.165, 1.54) is 22.3 Å². The van der Waals surface area contributed by atoms with Crippen LogP contribution in [0.1, 0.15) is 33.4 Å². The molecule has 0 unspecified atom stereocenters. The van der Waals surface area contributed by atoms with Gasteiger partial charge in [-0.15, -0.1) is 6.42 Å². The van der Waals surface area contributed by atoms with E-state index in [9.17, 15) is 0 Å². The van der Waals surface area contributed by atoms with Gasteiger partial charge in [-0.1, -0.05) is 48.3 Å². The molecule has 2 aromatic rings. The van der Waals surface area contributed by atoms with Crippen LogP contribution in [-0.4, -0.2) is 7.85 Å². The zero-order chi connectivity index (χ0) is 14.9. The van der Waals surface area contributed by atoms with E-state index in [2.05, 4.69) is 51.5 Å². The first-order chi connectivity index (χ1) is 9.47. The molecule has 0 amide bonds. The van der Waals surface area contributed by atoms with E-state index < -0.39 is 0 Å². The van der Waals surface area contributed by atoms with Crippen molar-refractivity contribution in [3.63, 3.8) is 0 Å². The minimum Gasteiger partial charge on any atom is -0.115 e. The topological polar surface area (TPSA) is 0 Å². The highest BCUT2D eigenvalue weighted by Gasteiger charge is 2.13. The molecule has 20 heavy (non-hydrogen) atoms. The molecule has 0 saturated heterocycles. The Morgan fingerprint density at radius 2 is 1.75 bits per heavy atom. The molecule has 1 heteroatoms. The lowest BCUT2D eigenvalue weighted by Gasteiger charge is -2.17. The summed E-state index contributed by atoms with van der Waals surface area (Å²) in [6, 6.07) is 10.4. The second-order valence-corrected chi connectivity index (χ2v) is 5.32. The summed E-state index contributed by atoms with van der Waals surface area (Å²) in [6.45, 7) is 10.7. The molecule has 0 fully saturated rings. The van der Waals surface area contributed by atoms with Crippen molar-refractivity contribution >= 4 is 18.9 Å². The molecule has 0 atom stereocenters. The van der Waals surface area contributed by atoms with Gasteiger partial charge in [0.1, 0.15) is 7.85 Å². The number of benzene rings is 2. The lowest BCUT2D eigenvalue weighted by molar-refractivity contribution is 1.27. The minimum absolute atomic E-state index is 0.942. The molecule has 0 aliphatic heterocycles. The van der Waals surface area contributed by atoms with Crippen molar-refractivity contribution in [2.24, 2.45) is 0 Å². The van der Waals surface area contributed by atoms with Gasteiger partial charge < -0.3 is 0 Å². The van der Waals surface area contributed by atoms with Gasteiger partial charge in [0.15, 0.2) is 0 Å². The van der Waals surface area contributed by atoms with E-state index in [1.807, 2.05) is 20.0 Å². The quantitative estimate of drug-likeness (QED) is 0.574. The molecule has 0 N–H and O–H groups in total. The first-order valence-electron chi connectivity index (χ1n) is 6.80. The molecular formula is C19H19B. The molecule has 0 radical (unpaired) electrons. The molecule has 2 rings (SSSR count).